The van der Waals surface area contributed by atoms with Gasteiger partial charge in [0.15, 0.2) is 11.5 Å². The largest absolute Gasteiger partial charge is 0.493 e. The zero-order valence-corrected chi connectivity index (χ0v) is 18.2. The van der Waals surface area contributed by atoms with Gasteiger partial charge in [0.25, 0.3) is 0 Å². The molecule has 0 unspecified atom stereocenters. The van der Waals surface area contributed by atoms with E-state index in [4.69, 9.17) is 9.47 Å². The van der Waals surface area contributed by atoms with Gasteiger partial charge in [0.1, 0.15) is 0 Å². The van der Waals surface area contributed by atoms with Crippen molar-refractivity contribution in [3.05, 3.63) is 53.6 Å². The molecule has 2 fully saturated rings. The molecule has 6 nitrogen and oxygen atoms in total. The molecular formula is C25H30N2O4. The Kier molecular flexibility index (Phi) is 6.44. The maximum absolute atomic E-state index is 12.6. The van der Waals surface area contributed by atoms with Gasteiger partial charge in [-0.05, 0) is 61.9 Å². The van der Waals surface area contributed by atoms with E-state index in [0.717, 1.165) is 41.2 Å². The molecule has 4 rings (SSSR count). The van der Waals surface area contributed by atoms with Gasteiger partial charge < -0.3 is 19.7 Å². The molecule has 2 aliphatic rings. The summed E-state index contributed by atoms with van der Waals surface area (Å²) in [5, 5.41) is 2.91. The van der Waals surface area contributed by atoms with Gasteiger partial charge >= 0.3 is 0 Å². The number of nitrogens with zero attached hydrogens (tertiary/aromatic N) is 1. The number of methoxy groups -OCH3 is 1. The van der Waals surface area contributed by atoms with Crippen LogP contribution in [0.4, 0.5) is 5.69 Å². The molecule has 0 aromatic heterocycles. The molecule has 1 saturated carbocycles. The number of hydrogen-bond donors (Lipinski definition) is 1. The molecule has 164 valence electrons. The Morgan fingerprint density at radius 2 is 1.90 bits per heavy atom. The van der Waals surface area contributed by atoms with Crippen molar-refractivity contribution < 1.29 is 19.1 Å². The van der Waals surface area contributed by atoms with E-state index >= 15 is 0 Å². The maximum atomic E-state index is 12.6. The molecule has 2 aromatic rings. The summed E-state index contributed by atoms with van der Waals surface area (Å²) < 4.78 is 11.7. The van der Waals surface area contributed by atoms with Crippen LogP contribution in [-0.2, 0) is 9.59 Å². The van der Waals surface area contributed by atoms with Gasteiger partial charge in [-0.15, -0.1) is 0 Å². The standard InChI is InChI=1S/C25H30N2O4/c1-17-7-3-6-10-21(17)26-24(28)16-27-15-19(14-25(27)29)18-11-12-22(30-2)23(13-18)31-20-8-4-5-9-20/h3,6-7,10-13,19-20H,4-5,8-9,14-16H2,1-2H3,(H,26,28)/t19-/m1/s1. The number of rotatable bonds is 7. The minimum absolute atomic E-state index is 0.000914. The highest BCUT2D eigenvalue weighted by Gasteiger charge is 2.32. The molecule has 0 bridgehead atoms. The fourth-order valence-corrected chi connectivity index (χ4v) is 4.45. The quantitative estimate of drug-likeness (QED) is 0.723. The van der Waals surface area contributed by atoms with Crippen LogP contribution in [0.25, 0.3) is 0 Å². The summed E-state index contributed by atoms with van der Waals surface area (Å²) in [6, 6.07) is 13.5. The lowest BCUT2D eigenvalue weighted by atomic mass is 9.98. The van der Waals surface area contributed by atoms with E-state index in [1.165, 1.54) is 12.8 Å². The number of para-hydroxylation sites is 1. The first-order valence-corrected chi connectivity index (χ1v) is 11.0. The number of anilines is 1. The van der Waals surface area contributed by atoms with Gasteiger partial charge in [-0.2, -0.15) is 0 Å². The fraction of sp³-hybridized carbons (Fsp3) is 0.440. The Balaban J connectivity index is 1.41. The number of carbonyl (C=O) groups excluding carboxylic acids is 2. The molecule has 1 atom stereocenters. The molecule has 1 N–H and O–H groups in total. The highest BCUT2D eigenvalue weighted by Crippen LogP contribution is 2.37. The van der Waals surface area contributed by atoms with Gasteiger partial charge in [-0.3, -0.25) is 9.59 Å². The molecule has 0 spiro atoms. The van der Waals surface area contributed by atoms with Crippen molar-refractivity contribution in [3.8, 4) is 11.5 Å². The summed E-state index contributed by atoms with van der Waals surface area (Å²) in [6.07, 6.45) is 5.16. The lowest BCUT2D eigenvalue weighted by Crippen LogP contribution is -2.34. The normalized spacial score (nSPS) is 19.0. The second-order valence-electron chi connectivity index (χ2n) is 8.47. The molecule has 1 heterocycles. The zero-order chi connectivity index (χ0) is 21.8. The highest BCUT2D eigenvalue weighted by atomic mass is 16.5. The Morgan fingerprint density at radius 3 is 2.65 bits per heavy atom. The summed E-state index contributed by atoms with van der Waals surface area (Å²) in [4.78, 5) is 26.7. The molecule has 6 heteroatoms. The average molecular weight is 423 g/mol. The first-order valence-electron chi connectivity index (χ1n) is 11.0. The number of amides is 2. The SMILES string of the molecule is COc1ccc([C@@H]2CC(=O)N(CC(=O)Nc3ccccc3C)C2)cc1OC1CCCC1. The van der Waals surface area contributed by atoms with Crippen LogP contribution in [0.5, 0.6) is 11.5 Å². The van der Waals surface area contributed by atoms with Crippen LogP contribution in [-0.4, -0.2) is 43.0 Å². The number of nitrogens with one attached hydrogen (secondary N) is 1. The van der Waals surface area contributed by atoms with E-state index in [-0.39, 0.29) is 30.4 Å². The summed E-state index contributed by atoms with van der Waals surface area (Å²) in [5.74, 6) is 1.32. The van der Waals surface area contributed by atoms with Crippen LogP contribution >= 0.6 is 0 Å². The van der Waals surface area contributed by atoms with E-state index in [1.54, 1.807) is 12.0 Å². The summed E-state index contributed by atoms with van der Waals surface area (Å²) in [5.41, 5.74) is 2.82. The lowest BCUT2D eigenvalue weighted by Gasteiger charge is -2.19. The van der Waals surface area contributed by atoms with Gasteiger partial charge in [-0.1, -0.05) is 24.3 Å². The first-order chi connectivity index (χ1) is 15.0. The topological polar surface area (TPSA) is 67.9 Å². The molecule has 1 aliphatic heterocycles. The third-order valence-electron chi connectivity index (χ3n) is 6.22. The number of likely N-dealkylation sites (tertiary alicyclic amines) is 1. The zero-order valence-electron chi connectivity index (χ0n) is 18.2. The number of benzene rings is 2. The smallest absolute Gasteiger partial charge is 0.244 e. The van der Waals surface area contributed by atoms with E-state index in [0.29, 0.717) is 13.0 Å². The van der Waals surface area contributed by atoms with Crippen molar-refractivity contribution in [2.75, 3.05) is 25.5 Å². The van der Waals surface area contributed by atoms with Crippen molar-refractivity contribution >= 4 is 17.5 Å². The van der Waals surface area contributed by atoms with Gasteiger partial charge in [0.2, 0.25) is 11.8 Å². The van der Waals surface area contributed by atoms with Crippen molar-refractivity contribution in [1.29, 1.82) is 0 Å². The first kappa shape index (κ1) is 21.2. The minimum atomic E-state index is -0.178. The highest BCUT2D eigenvalue weighted by molar-refractivity contribution is 5.95. The van der Waals surface area contributed by atoms with Crippen LogP contribution in [0.2, 0.25) is 0 Å². The van der Waals surface area contributed by atoms with Gasteiger partial charge in [0, 0.05) is 24.6 Å². The number of ether oxygens (including phenoxy) is 2. The molecule has 2 aromatic carbocycles. The predicted molar refractivity (Wildman–Crippen MR) is 120 cm³/mol. The fourth-order valence-electron chi connectivity index (χ4n) is 4.45. The Labute approximate surface area is 183 Å². The molecule has 2 amide bonds. The van der Waals surface area contributed by atoms with Crippen LogP contribution in [0, 0.1) is 6.92 Å². The van der Waals surface area contributed by atoms with E-state index in [9.17, 15) is 9.59 Å². The monoisotopic (exact) mass is 422 g/mol. The van der Waals surface area contributed by atoms with Crippen LogP contribution in [0.15, 0.2) is 42.5 Å². The van der Waals surface area contributed by atoms with Gasteiger partial charge in [0.05, 0.1) is 19.8 Å². The van der Waals surface area contributed by atoms with E-state index in [1.807, 2.05) is 49.4 Å². The second-order valence-corrected chi connectivity index (χ2v) is 8.47. The third kappa shape index (κ3) is 5.01. The minimum Gasteiger partial charge on any atom is -0.493 e. The van der Waals surface area contributed by atoms with Crippen molar-refractivity contribution in [1.82, 2.24) is 4.90 Å². The lowest BCUT2D eigenvalue weighted by molar-refractivity contribution is -0.131. The third-order valence-corrected chi connectivity index (χ3v) is 6.22. The van der Waals surface area contributed by atoms with Crippen molar-refractivity contribution in [2.45, 2.75) is 51.0 Å². The Bertz CT molecular complexity index is 952. The molecule has 1 aliphatic carbocycles. The van der Waals surface area contributed by atoms with Gasteiger partial charge in [-0.25, -0.2) is 0 Å². The van der Waals surface area contributed by atoms with E-state index < -0.39 is 0 Å². The molecule has 1 saturated heterocycles. The number of hydrogen-bond acceptors (Lipinski definition) is 4. The summed E-state index contributed by atoms with van der Waals surface area (Å²) >= 11 is 0. The predicted octanol–water partition coefficient (Wildman–Crippen LogP) is 4.28. The second kappa shape index (κ2) is 9.41. The molecule has 31 heavy (non-hydrogen) atoms. The summed E-state index contributed by atoms with van der Waals surface area (Å²) in [7, 11) is 1.64. The Hall–Kier alpha value is -3.02. The van der Waals surface area contributed by atoms with Crippen LogP contribution in [0.3, 0.4) is 0 Å². The molecule has 0 radical (unpaired) electrons. The van der Waals surface area contributed by atoms with Crippen molar-refractivity contribution in [2.24, 2.45) is 0 Å². The number of carbonyl (C=O) groups is 2. The summed E-state index contributed by atoms with van der Waals surface area (Å²) in [6.45, 7) is 2.53. The number of aryl methyl sites for hydroxylation is 1. The van der Waals surface area contributed by atoms with E-state index in [2.05, 4.69) is 5.32 Å². The van der Waals surface area contributed by atoms with Crippen molar-refractivity contribution in [3.63, 3.8) is 0 Å². The molecular weight excluding hydrogens is 392 g/mol. The van der Waals surface area contributed by atoms with Crippen LogP contribution < -0.4 is 14.8 Å². The Morgan fingerprint density at radius 1 is 1.13 bits per heavy atom. The van der Waals surface area contributed by atoms with Crippen LogP contribution in [0.1, 0.15) is 49.1 Å². The maximum Gasteiger partial charge on any atom is 0.244 e. The average Bonchev–Trinajstić information content (AvgIpc) is 3.40.